The number of amides is 2. The first kappa shape index (κ1) is 21.1. The molecule has 2 rings (SSSR count). The minimum Gasteiger partial charge on any atom is -0.497 e. The van der Waals surface area contributed by atoms with Crippen LogP contribution in [0.1, 0.15) is 18.2 Å². The zero-order chi connectivity index (χ0) is 20.5. The minimum atomic E-state index is -0.900. The molecule has 8 nitrogen and oxygen atoms in total. The van der Waals surface area contributed by atoms with Crippen LogP contribution < -0.4 is 15.4 Å². The van der Waals surface area contributed by atoms with Gasteiger partial charge in [0, 0.05) is 11.5 Å². The van der Waals surface area contributed by atoms with E-state index in [1.54, 1.807) is 49.8 Å². The Kier molecular flexibility index (Phi) is 7.70. The summed E-state index contributed by atoms with van der Waals surface area (Å²) in [5.74, 6) is -0.952. The van der Waals surface area contributed by atoms with E-state index in [1.807, 2.05) is 0 Å². The number of rotatable bonds is 8. The van der Waals surface area contributed by atoms with Crippen LogP contribution in [0, 0.1) is 6.92 Å². The number of carbonyl (C=O) groups excluding carboxylic acids is 3. The first-order valence-electron chi connectivity index (χ1n) is 8.38. The largest absolute Gasteiger partial charge is 0.497 e. The van der Waals surface area contributed by atoms with Crippen LogP contribution in [-0.2, 0) is 19.1 Å². The van der Waals surface area contributed by atoms with E-state index in [2.05, 4.69) is 15.6 Å². The number of benzene rings is 1. The van der Waals surface area contributed by atoms with Gasteiger partial charge in [-0.15, -0.1) is 11.3 Å². The van der Waals surface area contributed by atoms with E-state index in [4.69, 9.17) is 9.47 Å². The lowest BCUT2D eigenvalue weighted by atomic mass is 10.2. The van der Waals surface area contributed by atoms with Crippen LogP contribution in [0.5, 0.6) is 5.75 Å². The Morgan fingerprint density at radius 3 is 2.57 bits per heavy atom. The molecule has 0 radical (unpaired) electrons. The maximum atomic E-state index is 11.9. The number of thiazole rings is 1. The summed E-state index contributed by atoms with van der Waals surface area (Å²) >= 11 is 1.28. The van der Waals surface area contributed by atoms with Gasteiger partial charge in [0.1, 0.15) is 11.8 Å². The van der Waals surface area contributed by atoms with E-state index in [0.717, 1.165) is 11.3 Å². The highest BCUT2D eigenvalue weighted by atomic mass is 32.1. The highest BCUT2D eigenvalue weighted by Crippen LogP contribution is 2.14. The van der Waals surface area contributed by atoms with Crippen LogP contribution in [0.2, 0.25) is 0 Å². The third-order valence-corrected chi connectivity index (χ3v) is 4.34. The van der Waals surface area contributed by atoms with Crippen LogP contribution >= 0.6 is 11.3 Å². The van der Waals surface area contributed by atoms with E-state index in [9.17, 15) is 14.4 Å². The van der Waals surface area contributed by atoms with Crippen molar-refractivity contribution in [1.82, 2.24) is 10.3 Å². The lowest BCUT2D eigenvalue weighted by Crippen LogP contribution is -2.39. The summed E-state index contributed by atoms with van der Waals surface area (Å²) in [5, 5.41) is 7.23. The molecule has 2 aromatic rings. The molecule has 0 unspecified atom stereocenters. The smallest absolute Gasteiger partial charge is 0.328 e. The molecule has 0 aliphatic carbocycles. The van der Waals surface area contributed by atoms with Gasteiger partial charge in [0.05, 0.1) is 12.8 Å². The standard InChI is InChI=1S/C19H21N3O5S/c1-12-11-28-19(20-12)22-17(24)10-27-18(25)13(2)21-16(23)9-6-14-4-7-15(26-3)8-5-14/h4-9,11,13H,10H2,1-3H3,(H,21,23)(H,20,22,24)/b9-6+/t13-/m0/s1. The molecule has 148 valence electrons. The summed E-state index contributed by atoms with van der Waals surface area (Å²) in [6.45, 7) is 2.82. The second-order valence-electron chi connectivity index (χ2n) is 5.79. The quantitative estimate of drug-likeness (QED) is 0.517. The van der Waals surface area contributed by atoms with E-state index < -0.39 is 30.4 Å². The van der Waals surface area contributed by atoms with E-state index >= 15 is 0 Å². The van der Waals surface area contributed by atoms with Crippen LogP contribution in [0.3, 0.4) is 0 Å². The summed E-state index contributed by atoms with van der Waals surface area (Å²) in [6, 6.07) is 6.24. The van der Waals surface area contributed by atoms with Gasteiger partial charge in [0.15, 0.2) is 11.7 Å². The number of nitrogens with one attached hydrogen (secondary N) is 2. The monoisotopic (exact) mass is 403 g/mol. The predicted octanol–water partition coefficient (Wildman–Crippen LogP) is 2.16. The topological polar surface area (TPSA) is 107 Å². The van der Waals surface area contributed by atoms with Crippen molar-refractivity contribution in [2.45, 2.75) is 19.9 Å². The molecule has 0 spiro atoms. The Morgan fingerprint density at radius 2 is 1.96 bits per heavy atom. The molecule has 9 heteroatoms. The average molecular weight is 403 g/mol. The minimum absolute atomic E-state index is 0.434. The molecule has 1 aromatic carbocycles. The lowest BCUT2D eigenvalue weighted by Gasteiger charge is -2.11. The third kappa shape index (κ3) is 6.84. The first-order chi connectivity index (χ1) is 13.4. The number of ether oxygens (including phenoxy) is 2. The van der Waals surface area contributed by atoms with Crippen molar-refractivity contribution in [3.8, 4) is 5.75 Å². The molecule has 1 atom stereocenters. The summed E-state index contributed by atoms with van der Waals surface area (Å²) in [5.41, 5.74) is 1.59. The van der Waals surface area contributed by atoms with Gasteiger partial charge in [-0.25, -0.2) is 9.78 Å². The van der Waals surface area contributed by atoms with Crippen LogP contribution in [0.25, 0.3) is 6.08 Å². The van der Waals surface area contributed by atoms with Gasteiger partial charge in [-0.1, -0.05) is 12.1 Å². The zero-order valence-electron chi connectivity index (χ0n) is 15.7. The normalized spacial score (nSPS) is 11.7. The second-order valence-corrected chi connectivity index (χ2v) is 6.64. The van der Waals surface area contributed by atoms with Crippen molar-refractivity contribution in [3.05, 3.63) is 47.0 Å². The molecule has 0 bridgehead atoms. The van der Waals surface area contributed by atoms with Gasteiger partial charge in [-0.05, 0) is 37.6 Å². The first-order valence-corrected chi connectivity index (χ1v) is 9.26. The van der Waals surface area contributed by atoms with Crippen molar-refractivity contribution in [3.63, 3.8) is 0 Å². The predicted molar refractivity (Wildman–Crippen MR) is 106 cm³/mol. The maximum absolute atomic E-state index is 11.9. The Morgan fingerprint density at radius 1 is 1.25 bits per heavy atom. The summed E-state index contributed by atoms with van der Waals surface area (Å²) in [4.78, 5) is 39.7. The number of hydrogen-bond donors (Lipinski definition) is 2. The number of anilines is 1. The second kappa shape index (κ2) is 10.2. The fraction of sp³-hybridized carbons (Fsp3) is 0.263. The molecule has 1 aromatic heterocycles. The highest BCUT2D eigenvalue weighted by molar-refractivity contribution is 7.13. The molecule has 0 aliphatic rings. The number of nitrogens with zero attached hydrogens (tertiary/aromatic N) is 1. The molecule has 0 saturated carbocycles. The zero-order valence-corrected chi connectivity index (χ0v) is 16.5. The molecule has 2 N–H and O–H groups in total. The highest BCUT2D eigenvalue weighted by Gasteiger charge is 2.17. The molecule has 2 amide bonds. The molecule has 1 heterocycles. The van der Waals surface area contributed by atoms with E-state index in [1.165, 1.54) is 24.3 Å². The number of aryl methyl sites for hydroxylation is 1. The maximum Gasteiger partial charge on any atom is 0.328 e. The number of hydrogen-bond acceptors (Lipinski definition) is 7. The van der Waals surface area contributed by atoms with Crippen LogP contribution in [-0.4, -0.2) is 42.5 Å². The number of methoxy groups -OCH3 is 1. The van der Waals surface area contributed by atoms with Crippen molar-refractivity contribution in [1.29, 1.82) is 0 Å². The number of aromatic nitrogens is 1. The number of esters is 1. The average Bonchev–Trinajstić information content (AvgIpc) is 3.09. The summed E-state index contributed by atoms with van der Waals surface area (Å²) in [6.07, 6.45) is 2.92. The summed E-state index contributed by atoms with van der Waals surface area (Å²) < 4.78 is 9.97. The van der Waals surface area contributed by atoms with Crippen LogP contribution in [0.15, 0.2) is 35.7 Å². The molecule has 0 fully saturated rings. The van der Waals surface area contributed by atoms with Crippen molar-refractivity contribution in [2.75, 3.05) is 19.0 Å². The van der Waals surface area contributed by atoms with Gasteiger partial charge in [0.25, 0.3) is 5.91 Å². The third-order valence-electron chi connectivity index (χ3n) is 3.47. The van der Waals surface area contributed by atoms with Crippen molar-refractivity contribution >= 4 is 40.3 Å². The fourth-order valence-corrected chi connectivity index (χ4v) is 2.74. The summed E-state index contributed by atoms with van der Waals surface area (Å²) in [7, 11) is 1.57. The van der Waals surface area contributed by atoms with Gasteiger partial charge in [0.2, 0.25) is 5.91 Å². The molecular weight excluding hydrogens is 382 g/mol. The van der Waals surface area contributed by atoms with Gasteiger partial charge in [-0.2, -0.15) is 0 Å². The number of carbonyl (C=O) groups is 3. The molecule has 28 heavy (non-hydrogen) atoms. The SMILES string of the molecule is COc1ccc(/C=C/C(=O)N[C@@H](C)C(=O)OCC(=O)Nc2nc(C)cs2)cc1. The lowest BCUT2D eigenvalue weighted by molar-refractivity contribution is -0.149. The molecule has 0 aliphatic heterocycles. The van der Waals surface area contributed by atoms with E-state index in [-0.39, 0.29) is 0 Å². The molecule has 0 saturated heterocycles. The fourth-order valence-electron chi connectivity index (χ4n) is 2.04. The Bertz CT molecular complexity index is 861. The van der Waals surface area contributed by atoms with Gasteiger partial charge in [-0.3, -0.25) is 14.9 Å². The van der Waals surface area contributed by atoms with Crippen molar-refractivity contribution < 1.29 is 23.9 Å². The van der Waals surface area contributed by atoms with E-state index in [0.29, 0.717) is 10.9 Å². The van der Waals surface area contributed by atoms with Crippen LogP contribution in [0.4, 0.5) is 5.13 Å². The Balaban J connectivity index is 1.74. The van der Waals surface area contributed by atoms with Crippen molar-refractivity contribution in [2.24, 2.45) is 0 Å². The molecular formula is C19H21N3O5S. The Hall–Kier alpha value is -3.20. The van der Waals surface area contributed by atoms with Gasteiger partial charge < -0.3 is 14.8 Å². The van der Waals surface area contributed by atoms with Gasteiger partial charge >= 0.3 is 5.97 Å². The Labute approximate surface area is 166 Å².